The van der Waals surface area contributed by atoms with Crippen molar-refractivity contribution in [2.75, 3.05) is 13.1 Å². The molecule has 0 saturated carbocycles. The number of rotatable bonds is 7. The van der Waals surface area contributed by atoms with Crippen LogP contribution >= 0.6 is 0 Å². The summed E-state index contributed by atoms with van der Waals surface area (Å²) in [5.74, 6) is -0.869. The lowest BCUT2D eigenvalue weighted by Crippen LogP contribution is -2.58. The van der Waals surface area contributed by atoms with Crippen molar-refractivity contribution in [3.8, 4) is 0 Å². The molecule has 4 atom stereocenters. The highest BCUT2D eigenvalue weighted by atomic mass is 16.5. The molecule has 0 aromatic carbocycles. The van der Waals surface area contributed by atoms with E-state index in [9.17, 15) is 14.7 Å². The Balaban J connectivity index is 2.83. The van der Waals surface area contributed by atoms with Crippen molar-refractivity contribution in [2.45, 2.75) is 72.3 Å². The van der Waals surface area contributed by atoms with Gasteiger partial charge in [-0.3, -0.25) is 9.69 Å². The highest BCUT2D eigenvalue weighted by Crippen LogP contribution is 2.19. The normalized spacial score (nSPS) is 25.4. The average Bonchev–Trinajstić information content (AvgIpc) is 2.35. The zero-order valence-corrected chi connectivity index (χ0v) is 15.2. The zero-order chi connectivity index (χ0) is 17.7. The molecule has 0 radical (unpaired) electrons. The van der Waals surface area contributed by atoms with Crippen LogP contribution in [-0.2, 0) is 14.3 Å². The Morgan fingerprint density at radius 1 is 1.17 bits per heavy atom. The minimum Gasteiger partial charge on any atom is -0.480 e. The molecule has 0 aromatic rings. The van der Waals surface area contributed by atoms with Crippen LogP contribution in [0.15, 0.2) is 0 Å². The summed E-state index contributed by atoms with van der Waals surface area (Å²) in [4.78, 5) is 26.2. The van der Waals surface area contributed by atoms with E-state index in [0.29, 0.717) is 19.5 Å². The third-order valence-electron chi connectivity index (χ3n) is 4.06. The number of hydrogen-bond donors (Lipinski definition) is 2. The summed E-state index contributed by atoms with van der Waals surface area (Å²) in [7, 11) is 0. The second-order valence-corrected chi connectivity index (χ2v) is 7.43. The quantitative estimate of drug-likeness (QED) is 0.744. The van der Waals surface area contributed by atoms with Crippen LogP contribution in [0.4, 0.5) is 0 Å². The number of hydrogen-bond acceptors (Lipinski definition) is 4. The molecule has 1 aliphatic heterocycles. The predicted octanol–water partition coefficient (Wildman–Crippen LogP) is 1.74. The molecular formula is C17H32N2O4. The number of morpholine rings is 1. The van der Waals surface area contributed by atoms with Crippen molar-refractivity contribution in [1.82, 2.24) is 10.2 Å². The maximum atomic E-state index is 12.7. The van der Waals surface area contributed by atoms with Gasteiger partial charge >= 0.3 is 5.97 Å². The number of aliphatic carboxylic acids is 1. The van der Waals surface area contributed by atoms with Crippen LogP contribution in [0.5, 0.6) is 0 Å². The van der Waals surface area contributed by atoms with Gasteiger partial charge in [-0.25, -0.2) is 4.79 Å². The first kappa shape index (κ1) is 19.9. The first-order valence-corrected chi connectivity index (χ1v) is 8.54. The second kappa shape index (κ2) is 8.64. The molecule has 23 heavy (non-hydrogen) atoms. The number of nitrogens with one attached hydrogen (secondary N) is 1. The number of carbonyl (C=O) groups excluding carboxylic acids is 1. The Kier molecular flexibility index (Phi) is 7.48. The fourth-order valence-electron chi connectivity index (χ4n) is 3.28. The molecule has 2 N–H and O–H groups in total. The zero-order valence-electron chi connectivity index (χ0n) is 15.2. The number of ether oxygens (including phenoxy) is 1. The fraction of sp³-hybridized carbons (Fsp3) is 0.882. The lowest BCUT2D eigenvalue weighted by atomic mass is 9.98. The van der Waals surface area contributed by atoms with E-state index in [-0.39, 0.29) is 36.0 Å². The number of carbonyl (C=O) groups is 2. The predicted molar refractivity (Wildman–Crippen MR) is 89.2 cm³/mol. The monoisotopic (exact) mass is 328 g/mol. The van der Waals surface area contributed by atoms with Crippen LogP contribution in [0.25, 0.3) is 0 Å². The summed E-state index contributed by atoms with van der Waals surface area (Å²) in [5, 5.41) is 12.1. The SMILES string of the molecule is CC(C)C[C@@H](NC(=O)[C@@H](C(C)C)N1C[C@@H](C)O[C@@H](C)C1)C(=O)O. The number of carboxylic acid groups (broad SMARTS) is 1. The van der Waals surface area contributed by atoms with Crippen LogP contribution in [-0.4, -0.2) is 59.3 Å². The highest BCUT2D eigenvalue weighted by Gasteiger charge is 2.35. The lowest BCUT2D eigenvalue weighted by molar-refractivity contribution is -0.145. The topological polar surface area (TPSA) is 78.9 Å². The molecule has 1 saturated heterocycles. The smallest absolute Gasteiger partial charge is 0.326 e. The van der Waals surface area contributed by atoms with E-state index in [2.05, 4.69) is 10.2 Å². The molecule has 1 heterocycles. The van der Waals surface area contributed by atoms with E-state index in [0.717, 1.165) is 0 Å². The minimum atomic E-state index is -0.974. The van der Waals surface area contributed by atoms with E-state index < -0.39 is 12.0 Å². The van der Waals surface area contributed by atoms with Crippen molar-refractivity contribution < 1.29 is 19.4 Å². The Hall–Kier alpha value is -1.14. The molecule has 1 rings (SSSR count). The molecule has 6 heteroatoms. The van der Waals surface area contributed by atoms with E-state index in [4.69, 9.17) is 4.74 Å². The van der Waals surface area contributed by atoms with Crippen molar-refractivity contribution in [2.24, 2.45) is 11.8 Å². The standard InChI is InChI=1S/C17H32N2O4/c1-10(2)7-14(17(21)22)18-16(20)15(11(3)4)19-8-12(5)23-13(6)9-19/h10-15H,7-9H2,1-6H3,(H,18,20)(H,21,22)/t12-,13+,14-,15-/m1/s1. The summed E-state index contributed by atoms with van der Waals surface area (Å²) < 4.78 is 5.73. The molecule has 1 aliphatic rings. The van der Waals surface area contributed by atoms with Gasteiger partial charge in [0, 0.05) is 13.1 Å². The maximum absolute atomic E-state index is 12.7. The number of amides is 1. The van der Waals surface area contributed by atoms with Gasteiger partial charge in [0.05, 0.1) is 18.2 Å². The third kappa shape index (κ3) is 6.11. The summed E-state index contributed by atoms with van der Waals surface area (Å²) in [6.07, 6.45) is 0.569. The lowest BCUT2D eigenvalue weighted by Gasteiger charge is -2.41. The van der Waals surface area contributed by atoms with Gasteiger partial charge in [-0.15, -0.1) is 0 Å². The van der Waals surface area contributed by atoms with E-state index in [1.165, 1.54) is 0 Å². The van der Waals surface area contributed by atoms with Crippen LogP contribution in [0.1, 0.15) is 48.0 Å². The van der Waals surface area contributed by atoms with Crippen LogP contribution < -0.4 is 5.32 Å². The summed E-state index contributed by atoms with van der Waals surface area (Å²) >= 11 is 0. The van der Waals surface area contributed by atoms with E-state index in [1.54, 1.807) is 0 Å². The van der Waals surface area contributed by atoms with Gasteiger partial charge in [0.2, 0.25) is 5.91 Å². The van der Waals surface area contributed by atoms with Gasteiger partial charge in [0.25, 0.3) is 0 Å². The van der Waals surface area contributed by atoms with Crippen molar-refractivity contribution >= 4 is 11.9 Å². The Morgan fingerprint density at radius 3 is 2.09 bits per heavy atom. The largest absolute Gasteiger partial charge is 0.480 e. The van der Waals surface area contributed by atoms with Crippen molar-refractivity contribution in [1.29, 1.82) is 0 Å². The van der Waals surface area contributed by atoms with Crippen LogP contribution in [0.2, 0.25) is 0 Å². The van der Waals surface area contributed by atoms with Gasteiger partial charge in [-0.05, 0) is 32.1 Å². The average molecular weight is 328 g/mol. The molecular weight excluding hydrogens is 296 g/mol. The van der Waals surface area contributed by atoms with Gasteiger partial charge < -0.3 is 15.2 Å². The Bertz CT molecular complexity index is 401. The summed E-state index contributed by atoms with van der Waals surface area (Å²) in [6.45, 7) is 13.2. The van der Waals surface area contributed by atoms with E-state index >= 15 is 0 Å². The summed E-state index contributed by atoms with van der Waals surface area (Å²) in [5.41, 5.74) is 0. The van der Waals surface area contributed by atoms with Crippen LogP contribution in [0, 0.1) is 11.8 Å². The Labute approximate surface area is 139 Å². The van der Waals surface area contributed by atoms with Gasteiger partial charge in [0.1, 0.15) is 6.04 Å². The molecule has 0 spiro atoms. The fourth-order valence-corrected chi connectivity index (χ4v) is 3.28. The van der Waals surface area contributed by atoms with Crippen molar-refractivity contribution in [3.63, 3.8) is 0 Å². The molecule has 134 valence electrons. The number of carboxylic acids is 1. The maximum Gasteiger partial charge on any atom is 0.326 e. The number of nitrogens with zero attached hydrogens (tertiary/aromatic N) is 1. The van der Waals surface area contributed by atoms with Gasteiger partial charge in [-0.1, -0.05) is 27.7 Å². The minimum absolute atomic E-state index is 0.0683. The molecule has 0 bridgehead atoms. The molecule has 0 aliphatic carbocycles. The van der Waals surface area contributed by atoms with Crippen LogP contribution in [0.3, 0.4) is 0 Å². The van der Waals surface area contributed by atoms with Gasteiger partial charge in [0.15, 0.2) is 0 Å². The first-order valence-electron chi connectivity index (χ1n) is 8.54. The summed E-state index contributed by atoms with van der Waals surface area (Å²) in [6, 6.07) is -1.17. The highest BCUT2D eigenvalue weighted by molar-refractivity contribution is 5.87. The second-order valence-electron chi connectivity index (χ2n) is 7.43. The molecule has 0 unspecified atom stereocenters. The van der Waals surface area contributed by atoms with Gasteiger partial charge in [-0.2, -0.15) is 0 Å². The van der Waals surface area contributed by atoms with Crippen molar-refractivity contribution in [3.05, 3.63) is 0 Å². The molecule has 1 fully saturated rings. The molecule has 1 amide bonds. The van der Waals surface area contributed by atoms with E-state index in [1.807, 2.05) is 41.5 Å². The Morgan fingerprint density at radius 2 is 1.70 bits per heavy atom. The first-order chi connectivity index (χ1) is 10.6. The molecule has 0 aromatic heterocycles. The third-order valence-corrected chi connectivity index (χ3v) is 4.06. The molecule has 6 nitrogen and oxygen atoms in total.